The summed E-state index contributed by atoms with van der Waals surface area (Å²) in [6.07, 6.45) is 0. The summed E-state index contributed by atoms with van der Waals surface area (Å²) in [7, 11) is 1.50. The molecule has 0 saturated carbocycles. The minimum atomic E-state index is -0.419. The van der Waals surface area contributed by atoms with Gasteiger partial charge >= 0.3 is 5.97 Å². The maximum absolute atomic E-state index is 12.4. The molecule has 0 radical (unpaired) electrons. The average Bonchev–Trinajstić information content (AvgIpc) is 2.46. The molecule has 0 aromatic heterocycles. The summed E-state index contributed by atoms with van der Waals surface area (Å²) in [6, 6.07) is 11.8. The fourth-order valence-corrected chi connectivity index (χ4v) is 2.22. The second-order valence-electron chi connectivity index (χ2n) is 4.42. The van der Waals surface area contributed by atoms with Gasteiger partial charge in [-0.1, -0.05) is 22.0 Å². The van der Waals surface area contributed by atoms with Gasteiger partial charge in [0.1, 0.15) is 11.5 Å². The summed E-state index contributed by atoms with van der Waals surface area (Å²) in [6.45, 7) is 1.32. The van der Waals surface area contributed by atoms with E-state index < -0.39 is 5.97 Å². The van der Waals surface area contributed by atoms with Crippen molar-refractivity contribution >= 4 is 33.5 Å². The molecular formula is C16H14BrNO4. The average molecular weight is 364 g/mol. The largest absolute Gasteiger partial charge is 0.496 e. The Morgan fingerprint density at radius 1 is 1.14 bits per heavy atom. The number of amides is 1. The van der Waals surface area contributed by atoms with Crippen LogP contribution in [0.2, 0.25) is 0 Å². The molecular weight excluding hydrogens is 350 g/mol. The van der Waals surface area contributed by atoms with Gasteiger partial charge < -0.3 is 14.8 Å². The number of benzene rings is 2. The van der Waals surface area contributed by atoms with Crippen LogP contribution in [0.25, 0.3) is 0 Å². The summed E-state index contributed by atoms with van der Waals surface area (Å²) in [4.78, 5) is 23.3. The minimum Gasteiger partial charge on any atom is -0.496 e. The van der Waals surface area contributed by atoms with Crippen molar-refractivity contribution in [1.29, 1.82) is 0 Å². The van der Waals surface area contributed by atoms with Crippen molar-refractivity contribution in [3.63, 3.8) is 0 Å². The van der Waals surface area contributed by atoms with E-state index >= 15 is 0 Å². The smallest absolute Gasteiger partial charge is 0.308 e. The Morgan fingerprint density at radius 3 is 2.59 bits per heavy atom. The molecule has 2 aromatic rings. The maximum atomic E-state index is 12.4. The van der Waals surface area contributed by atoms with Gasteiger partial charge in [0.25, 0.3) is 5.91 Å². The van der Waals surface area contributed by atoms with Gasteiger partial charge in [-0.05, 0) is 30.3 Å². The fraction of sp³-hybridized carbons (Fsp3) is 0.125. The molecule has 0 atom stereocenters. The molecule has 0 unspecified atom stereocenters. The second-order valence-corrected chi connectivity index (χ2v) is 5.34. The van der Waals surface area contributed by atoms with Gasteiger partial charge in [-0.15, -0.1) is 0 Å². The van der Waals surface area contributed by atoms with Crippen LogP contribution >= 0.6 is 15.9 Å². The Kier molecular flexibility index (Phi) is 5.16. The van der Waals surface area contributed by atoms with E-state index in [1.165, 1.54) is 14.0 Å². The zero-order chi connectivity index (χ0) is 16.1. The van der Waals surface area contributed by atoms with E-state index in [1.807, 2.05) is 0 Å². The van der Waals surface area contributed by atoms with Crippen molar-refractivity contribution < 1.29 is 19.1 Å². The van der Waals surface area contributed by atoms with Crippen LogP contribution in [0.4, 0.5) is 5.69 Å². The van der Waals surface area contributed by atoms with Crippen LogP contribution in [0.15, 0.2) is 46.9 Å². The second kappa shape index (κ2) is 7.09. The van der Waals surface area contributed by atoms with E-state index in [2.05, 4.69) is 21.2 Å². The molecule has 1 amide bonds. The van der Waals surface area contributed by atoms with E-state index in [-0.39, 0.29) is 5.91 Å². The first-order valence-corrected chi connectivity index (χ1v) is 7.22. The van der Waals surface area contributed by atoms with E-state index in [0.717, 1.165) is 4.47 Å². The molecule has 5 nitrogen and oxygen atoms in total. The molecule has 0 aliphatic carbocycles. The van der Waals surface area contributed by atoms with Crippen molar-refractivity contribution in [2.75, 3.05) is 12.4 Å². The lowest BCUT2D eigenvalue weighted by molar-refractivity contribution is -0.131. The molecule has 22 heavy (non-hydrogen) atoms. The molecule has 0 heterocycles. The molecule has 0 aliphatic heterocycles. The lowest BCUT2D eigenvalue weighted by atomic mass is 10.2. The lowest BCUT2D eigenvalue weighted by Gasteiger charge is -2.10. The van der Waals surface area contributed by atoms with Crippen LogP contribution in [0.3, 0.4) is 0 Å². The third-order valence-electron chi connectivity index (χ3n) is 2.76. The predicted octanol–water partition coefficient (Wildman–Crippen LogP) is 3.64. The van der Waals surface area contributed by atoms with Crippen LogP contribution < -0.4 is 14.8 Å². The number of rotatable bonds is 4. The lowest BCUT2D eigenvalue weighted by Crippen LogP contribution is -2.13. The molecule has 2 aromatic carbocycles. The summed E-state index contributed by atoms with van der Waals surface area (Å²) >= 11 is 3.32. The van der Waals surface area contributed by atoms with Crippen LogP contribution in [0.1, 0.15) is 17.3 Å². The Hall–Kier alpha value is -2.34. The van der Waals surface area contributed by atoms with E-state index in [0.29, 0.717) is 22.7 Å². The number of nitrogens with one attached hydrogen (secondary N) is 1. The highest BCUT2D eigenvalue weighted by Crippen LogP contribution is 2.25. The van der Waals surface area contributed by atoms with Crippen LogP contribution in [-0.4, -0.2) is 19.0 Å². The normalized spacial score (nSPS) is 9.95. The van der Waals surface area contributed by atoms with Gasteiger partial charge in [-0.2, -0.15) is 0 Å². The van der Waals surface area contributed by atoms with Crippen molar-refractivity contribution in [2.24, 2.45) is 0 Å². The van der Waals surface area contributed by atoms with Gasteiger partial charge in [0.2, 0.25) is 0 Å². The number of esters is 1. The zero-order valence-electron chi connectivity index (χ0n) is 12.1. The van der Waals surface area contributed by atoms with Crippen molar-refractivity contribution in [2.45, 2.75) is 6.92 Å². The maximum Gasteiger partial charge on any atom is 0.308 e. The van der Waals surface area contributed by atoms with Gasteiger partial charge in [0.05, 0.1) is 12.7 Å². The molecule has 0 fully saturated rings. The fourth-order valence-electron chi connectivity index (χ4n) is 1.86. The molecule has 1 N–H and O–H groups in total. The molecule has 6 heteroatoms. The molecule has 0 aliphatic rings. The summed E-state index contributed by atoms with van der Waals surface area (Å²) in [5.74, 6) is 0.0959. The Labute approximate surface area is 136 Å². The molecule has 0 spiro atoms. The van der Waals surface area contributed by atoms with Crippen molar-refractivity contribution in [3.05, 3.63) is 52.5 Å². The topological polar surface area (TPSA) is 64.6 Å². The number of hydrogen-bond acceptors (Lipinski definition) is 4. The van der Waals surface area contributed by atoms with Crippen LogP contribution in [-0.2, 0) is 4.79 Å². The van der Waals surface area contributed by atoms with Gasteiger partial charge in [0.15, 0.2) is 0 Å². The number of ether oxygens (including phenoxy) is 2. The molecule has 114 valence electrons. The van der Waals surface area contributed by atoms with Crippen LogP contribution in [0, 0.1) is 0 Å². The third-order valence-corrected chi connectivity index (χ3v) is 3.25. The number of halogens is 1. The number of methoxy groups -OCH3 is 1. The SMILES string of the molecule is COc1ccc(Br)cc1C(=O)Nc1cccc(OC(C)=O)c1. The minimum absolute atomic E-state index is 0.321. The van der Waals surface area contributed by atoms with Gasteiger partial charge in [0, 0.05) is 23.2 Å². The highest BCUT2D eigenvalue weighted by atomic mass is 79.9. The molecule has 2 rings (SSSR count). The first-order valence-electron chi connectivity index (χ1n) is 6.43. The molecule has 0 bridgehead atoms. The van der Waals surface area contributed by atoms with Gasteiger partial charge in [-0.25, -0.2) is 0 Å². The standard InChI is InChI=1S/C16H14BrNO4/c1-10(19)22-13-5-3-4-12(9-13)18-16(20)14-8-11(17)6-7-15(14)21-2/h3-9H,1-2H3,(H,18,20). The number of carbonyl (C=O) groups excluding carboxylic acids is 2. The Balaban J connectivity index is 2.22. The Bertz CT molecular complexity index is 715. The number of anilines is 1. The summed E-state index contributed by atoms with van der Waals surface area (Å²) in [5, 5.41) is 2.74. The first kappa shape index (κ1) is 16.0. The van der Waals surface area contributed by atoms with Crippen molar-refractivity contribution in [3.8, 4) is 11.5 Å². The van der Waals surface area contributed by atoms with Gasteiger partial charge in [-0.3, -0.25) is 9.59 Å². The van der Waals surface area contributed by atoms with Crippen LogP contribution in [0.5, 0.6) is 11.5 Å². The van der Waals surface area contributed by atoms with E-state index in [4.69, 9.17) is 9.47 Å². The monoisotopic (exact) mass is 363 g/mol. The van der Waals surface area contributed by atoms with E-state index in [9.17, 15) is 9.59 Å². The highest BCUT2D eigenvalue weighted by molar-refractivity contribution is 9.10. The quantitative estimate of drug-likeness (QED) is 0.665. The zero-order valence-corrected chi connectivity index (χ0v) is 13.6. The number of hydrogen-bond donors (Lipinski definition) is 1. The van der Waals surface area contributed by atoms with Crippen molar-refractivity contribution in [1.82, 2.24) is 0 Å². The molecule has 0 saturated heterocycles. The van der Waals surface area contributed by atoms with E-state index in [1.54, 1.807) is 42.5 Å². The third kappa shape index (κ3) is 4.08. The first-order chi connectivity index (χ1) is 10.5. The predicted molar refractivity (Wildman–Crippen MR) is 86.4 cm³/mol. The summed E-state index contributed by atoms with van der Waals surface area (Å²) in [5.41, 5.74) is 0.917. The summed E-state index contributed by atoms with van der Waals surface area (Å²) < 4.78 is 10.9. The number of carbonyl (C=O) groups is 2. The highest BCUT2D eigenvalue weighted by Gasteiger charge is 2.13. The Morgan fingerprint density at radius 2 is 1.91 bits per heavy atom.